The van der Waals surface area contributed by atoms with E-state index in [4.69, 9.17) is 0 Å². The summed E-state index contributed by atoms with van der Waals surface area (Å²) in [5.74, 6) is 0.191. The molecule has 1 aliphatic heterocycles. The number of nitrogens with zero attached hydrogens (tertiary/aromatic N) is 3. The summed E-state index contributed by atoms with van der Waals surface area (Å²) >= 11 is 1.45. The van der Waals surface area contributed by atoms with Crippen LogP contribution in [-0.2, 0) is 4.79 Å². The molecule has 2 aromatic rings. The van der Waals surface area contributed by atoms with Crippen LogP contribution in [-0.4, -0.2) is 58.7 Å². The average molecular weight is 372 g/mol. The molecule has 1 atom stereocenters. The maximum absolute atomic E-state index is 12.8. The maximum atomic E-state index is 12.8. The van der Waals surface area contributed by atoms with E-state index in [9.17, 15) is 4.79 Å². The Balaban J connectivity index is 1.68. The minimum atomic E-state index is -0.177. The number of hydrogen-bond acceptors (Lipinski definition) is 4. The quantitative estimate of drug-likeness (QED) is 0.642. The number of aryl methyl sites for hydroxylation is 1. The Bertz CT molecular complexity index is 745. The van der Waals surface area contributed by atoms with Gasteiger partial charge in [0.05, 0.1) is 43.7 Å². The van der Waals surface area contributed by atoms with Gasteiger partial charge >= 0.3 is 0 Å². The molecular formula is C20H27N4OS+. The van der Waals surface area contributed by atoms with Crippen molar-refractivity contribution in [2.45, 2.75) is 31.2 Å². The fourth-order valence-electron chi connectivity index (χ4n) is 3.21. The van der Waals surface area contributed by atoms with Gasteiger partial charge in [-0.1, -0.05) is 42.1 Å². The van der Waals surface area contributed by atoms with Crippen LogP contribution in [0.15, 0.2) is 41.6 Å². The highest BCUT2D eigenvalue weighted by Gasteiger charge is 2.27. The molecule has 1 aromatic heterocycles. The number of quaternary nitrogens is 1. The molecule has 138 valence electrons. The largest absolute Gasteiger partial charge is 0.332 e. The summed E-state index contributed by atoms with van der Waals surface area (Å²) in [7, 11) is 0. The van der Waals surface area contributed by atoms with Crippen LogP contribution in [0.25, 0.3) is 11.3 Å². The van der Waals surface area contributed by atoms with Gasteiger partial charge in [-0.15, -0.1) is 0 Å². The third kappa shape index (κ3) is 4.62. The highest BCUT2D eigenvalue weighted by molar-refractivity contribution is 8.00. The van der Waals surface area contributed by atoms with E-state index in [-0.39, 0.29) is 11.2 Å². The van der Waals surface area contributed by atoms with Gasteiger partial charge in [-0.2, -0.15) is 0 Å². The summed E-state index contributed by atoms with van der Waals surface area (Å²) in [5.41, 5.74) is 2.89. The van der Waals surface area contributed by atoms with Crippen molar-refractivity contribution in [3.8, 4) is 11.3 Å². The van der Waals surface area contributed by atoms with Gasteiger partial charge in [0.2, 0.25) is 5.91 Å². The van der Waals surface area contributed by atoms with Crippen LogP contribution in [0.5, 0.6) is 0 Å². The van der Waals surface area contributed by atoms with Gasteiger partial charge in [0, 0.05) is 11.3 Å². The van der Waals surface area contributed by atoms with Crippen LogP contribution in [0.4, 0.5) is 0 Å². The first-order valence-electron chi connectivity index (χ1n) is 9.27. The Morgan fingerprint density at radius 2 is 1.92 bits per heavy atom. The molecule has 0 saturated carbocycles. The second-order valence-electron chi connectivity index (χ2n) is 6.73. The van der Waals surface area contributed by atoms with Crippen molar-refractivity contribution >= 4 is 17.7 Å². The van der Waals surface area contributed by atoms with E-state index < -0.39 is 0 Å². The van der Waals surface area contributed by atoms with Crippen molar-refractivity contribution in [2.75, 3.05) is 32.7 Å². The highest BCUT2D eigenvalue weighted by atomic mass is 32.2. The molecule has 0 radical (unpaired) electrons. The Labute approximate surface area is 159 Å². The number of amides is 1. The Kier molecular flexibility index (Phi) is 6.27. The third-order valence-corrected chi connectivity index (χ3v) is 5.76. The number of hydrogen-bond donors (Lipinski definition) is 1. The molecule has 2 heterocycles. The predicted molar refractivity (Wildman–Crippen MR) is 105 cm³/mol. The molecule has 1 saturated heterocycles. The lowest BCUT2D eigenvalue weighted by Crippen LogP contribution is -3.14. The van der Waals surface area contributed by atoms with E-state index in [2.05, 4.69) is 16.9 Å². The minimum absolute atomic E-state index is 0.177. The number of carbonyl (C=O) groups is 1. The number of likely N-dealkylation sites (N-methyl/N-ethyl adjacent to an activating group) is 1. The van der Waals surface area contributed by atoms with Gasteiger partial charge < -0.3 is 9.80 Å². The van der Waals surface area contributed by atoms with E-state index >= 15 is 0 Å². The van der Waals surface area contributed by atoms with Gasteiger partial charge in [-0.3, -0.25) is 4.79 Å². The monoisotopic (exact) mass is 371 g/mol. The molecule has 0 aliphatic carbocycles. The molecule has 6 heteroatoms. The smallest absolute Gasteiger partial charge is 0.236 e. The second kappa shape index (κ2) is 8.64. The van der Waals surface area contributed by atoms with Gasteiger partial charge in [-0.05, 0) is 26.8 Å². The number of thioether (sulfide) groups is 1. The molecule has 1 N–H and O–H groups in total. The summed E-state index contributed by atoms with van der Waals surface area (Å²) < 4.78 is 0. The fourth-order valence-corrected chi connectivity index (χ4v) is 4.13. The summed E-state index contributed by atoms with van der Waals surface area (Å²) in [6, 6.07) is 12.1. The third-order valence-electron chi connectivity index (χ3n) is 4.82. The first-order chi connectivity index (χ1) is 12.6. The van der Waals surface area contributed by atoms with E-state index in [0.717, 1.165) is 49.7 Å². The van der Waals surface area contributed by atoms with Gasteiger partial charge in [0.25, 0.3) is 0 Å². The van der Waals surface area contributed by atoms with Crippen molar-refractivity contribution in [2.24, 2.45) is 0 Å². The second-order valence-corrected chi connectivity index (χ2v) is 8.04. The predicted octanol–water partition coefficient (Wildman–Crippen LogP) is 1.68. The number of carbonyl (C=O) groups excluding carboxylic acids is 1. The number of benzene rings is 1. The van der Waals surface area contributed by atoms with E-state index in [0.29, 0.717) is 5.16 Å². The standard InChI is InChI=1S/C20H26N4OS/c1-4-23-10-12-24(13-11-23)19(25)16(3)26-20-21-15(2)14-18(22-20)17-8-6-5-7-9-17/h5-9,14,16H,4,10-13H2,1-3H3/p+1/t16-/m0/s1. The molecular weight excluding hydrogens is 344 g/mol. The number of aromatic nitrogens is 2. The van der Waals surface area contributed by atoms with Crippen molar-refractivity contribution in [1.29, 1.82) is 0 Å². The molecule has 1 aromatic carbocycles. The lowest BCUT2D eigenvalue weighted by atomic mass is 10.1. The van der Waals surface area contributed by atoms with Crippen LogP contribution >= 0.6 is 11.8 Å². The summed E-state index contributed by atoms with van der Waals surface area (Å²) in [4.78, 5) is 25.5. The van der Waals surface area contributed by atoms with Crippen LogP contribution in [0.2, 0.25) is 0 Å². The Hall–Kier alpha value is -1.92. The lowest BCUT2D eigenvalue weighted by Gasteiger charge is -2.32. The van der Waals surface area contributed by atoms with Crippen LogP contribution < -0.4 is 4.90 Å². The number of nitrogens with one attached hydrogen (secondary N) is 1. The maximum Gasteiger partial charge on any atom is 0.236 e. The topological polar surface area (TPSA) is 50.5 Å². The summed E-state index contributed by atoms with van der Waals surface area (Å²) in [5, 5.41) is 0.492. The highest BCUT2D eigenvalue weighted by Crippen LogP contribution is 2.25. The lowest BCUT2D eigenvalue weighted by molar-refractivity contribution is -0.902. The molecule has 0 spiro atoms. The zero-order chi connectivity index (χ0) is 18.5. The molecule has 5 nitrogen and oxygen atoms in total. The first-order valence-corrected chi connectivity index (χ1v) is 10.1. The van der Waals surface area contributed by atoms with Crippen molar-refractivity contribution in [3.05, 3.63) is 42.1 Å². The molecule has 0 unspecified atom stereocenters. The summed E-state index contributed by atoms with van der Waals surface area (Å²) in [6.45, 7) is 11.0. The molecule has 26 heavy (non-hydrogen) atoms. The van der Waals surface area contributed by atoms with Crippen molar-refractivity contribution in [1.82, 2.24) is 14.9 Å². The number of piperazine rings is 1. The minimum Gasteiger partial charge on any atom is -0.332 e. The van der Waals surface area contributed by atoms with E-state index in [1.165, 1.54) is 11.8 Å². The molecule has 3 rings (SSSR count). The first kappa shape index (κ1) is 18.9. The SMILES string of the molecule is CC[NH+]1CCN(C(=O)[C@H](C)Sc2nc(C)cc(-c3ccccc3)n2)CC1. The molecule has 1 fully saturated rings. The van der Waals surface area contributed by atoms with Crippen molar-refractivity contribution in [3.63, 3.8) is 0 Å². The van der Waals surface area contributed by atoms with Gasteiger partial charge in [0.15, 0.2) is 5.16 Å². The molecule has 0 bridgehead atoms. The zero-order valence-electron chi connectivity index (χ0n) is 15.7. The Morgan fingerprint density at radius 3 is 2.58 bits per heavy atom. The fraction of sp³-hybridized carbons (Fsp3) is 0.450. The zero-order valence-corrected chi connectivity index (χ0v) is 16.6. The Morgan fingerprint density at radius 1 is 1.23 bits per heavy atom. The van der Waals surface area contributed by atoms with Crippen LogP contribution in [0, 0.1) is 6.92 Å². The average Bonchev–Trinajstić information content (AvgIpc) is 2.67. The summed E-state index contributed by atoms with van der Waals surface area (Å²) in [6.07, 6.45) is 0. The number of rotatable bonds is 5. The van der Waals surface area contributed by atoms with E-state index in [1.807, 2.05) is 55.1 Å². The van der Waals surface area contributed by atoms with Crippen LogP contribution in [0.1, 0.15) is 19.5 Å². The van der Waals surface area contributed by atoms with Gasteiger partial charge in [-0.25, -0.2) is 9.97 Å². The normalized spacial score (nSPS) is 16.5. The molecule has 1 amide bonds. The van der Waals surface area contributed by atoms with Gasteiger partial charge in [0.1, 0.15) is 0 Å². The van der Waals surface area contributed by atoms with E-state index in [1.54, 1.807) is 4.90 Å². The van der Waals surface area contributed by atoms with Crippen molar-refractivity contribution < 1.29 is 9.69 Å². The molecule has 1 aliphatic rings. The van der Waals surface area contributed by atoms with Crippen LogP contribution in [0.3, 0.4) is 0 Å².